The van der Waals surface area contributed by atoms with E-state index < -0.39 is 0 Å². The maximum absolute atomic E-state index is 12.2. The lowest BCUT2D eigenvalue weighted by molar-refractivity contribution is 0.262. The number of para-hydroxylation sites is 1. The van der Waals surface area contributed by atoms with E-state index in [4.69, 9.17) is 4.42 Å². The Morgan fingerprint density at radius 1 is 1.03 bits per heavy atom. The van der Waals surface area contributed by atoms with Crippen LogP contribution in [-0.4, -0.2) is 53.1 Å². The molecule has 0 aliphatic heterocycles. The summed E-state index contributed by atoms with van der Waals surface area (Å²) in [6, 6.07) is 14.5. The molecule has 9 heteroatoms. The number of carbonyl (C=O) groups is 1. The topological polar surface area (TPSA) is 108 Å². The molecule has 0 aliphatic rings. The number of amides is 2. The standard InChI is InChI=1S/C23H25N7O2/c1-15-13-17(27-23(31)26-16-7-5-4-6-8-16)9-10-18(15)20-28-19-14-25-22(29-21(19)32-20)24-11-12-30(2)3/h4-10,13-14H,11-12H2,1-3H3,(H,24,25,29)(H2,26,27,31). The van der Waals surface area contributed by atoms with E-state index in [0.29, 0.717) is 28.8 Å². The molecule has 0 spiro atoms. The third-order valence-corrected chi connectivity index (χ3v) is 4.74. The van der Waals surface area contributed by atoms with Crippen molar-refractivity contribution in [2.45, 2.75) is 6.92 Å². The van der Waals surface area contributed by atoms with Crippen LogP contribution >= 0.6 is 0 Å². The van der Waals surface area contributed by atoms with Crippen molar-refractivity contribution in [2.24, 2.45) is 0 Å². The smallest absolute Gasteiger partial charge is 0.323 e. The first-order chi connectivity index (χ1) is 15.5. The van der Waals surface area contributed by atoms with E-state index in [1.807, 2.05) is 69.6 Å². The first-order valence-corrected chi connectivity index (χ1v) is 10.2. The van der Waals surface area contributed by atoms with Gasteiger partial charge in [-0.2, -0.15) is 4.98 Å². The summed E-state index contributed by atoms with van der Waals surface area (Å²) in [6.45, 7) is 3.53. The maximum Gasteiger partial charge on any atom is 0.323 e. The van der Waals surface area contributed by atoms with E-state index in [0.717, 1.165) is 29.9 Å². The number of carbonyl (C=O) groups excluding carboxylic acids is 1. The highest BCUT2D eigenvalue weighted by Crippen LogP contribution is 2.28. The number of rotatable bonds is 7. The molecule has 0 fully saturated rings. The minimum absolute atomic E-state index is 0.310. The zero-order chi connectivity index (χ0) is 22.5. The molecule has 3 N–H and O–H groups in total. The Balaban J connectivity index is 1.46. The van der Waals surface area contributed by atoms with Crippen LogP contribution in [0.2, 0.25) is 0 Å². The fourth-order valence-corrected chi connectivity index (χ4v) is 3.12. The molecule has 0 atom stereocenters. The minimum Gasteiger partial charge on any atom is -0.417 e. The lowest BCUT2D eigenvalue weighted by Gasteiger charge is -2.09. The number of hydrogen-bond acceptors (Lipinski definition) is 7. The van der Waals surface area contributed by atoms with Crippen molar-refractivity contribution in [3.05, 3.63) is 60.3 Å². The van der Waals surface area contributed by atoms with Crippen molar-refractivity contribution in [3.8, 4) is 11.5 Å². The molecule has 0 bridgehead atoms. The van der Waals surface area contributed by atoms with Crippen LogP contribution < -0.4 is 16.0 Å². The number of nitrogens with zero attached hydrogens (tertiary/aromatic N) is 4. The molecule has 2 heterocycles. The van der Waals surface area contributed by atoms with E-state index in [1.165, 1.54) is 0 Å². The fraction of sp³-hybridized carbons (Fsp3) is 0.217. The van der Waals surface area contributed by atoms with Gasteiger partial charge >= 0.3 is 6.03 Å². The molecule has 164 valence electrons. The number of likely N-dealkylation sites (N-methyl/N-ethyl adjacent to an activating group) is 1. The number of aryl methyl sites for hydroxylation is 1. The van der Waals surface area contributed by atoms with Gasteiger partial charge in [-0.25, -0.2) is 14.8 Å². The summed E-state index contributed by atoms with van der Waals surface area (Å²) >= 11 is 0. The van der Waals surface area contributed by atoms with Gasteiger partial charge in [-0.05, 0) is 56.9 Å². The van der Waals surface area contributed by atoms with Gasteiger partial charge in [-0.3, -0.25) is 0 Å². The Hall–Kier alpha value is -3.98. The summed E-state index contributed by atoms with van der Waals surface area (Å²) in [7, 11) is 4.01. The monoisotopic (exact) mass is 431 g/mol. The highest BCUT2D eigenvalue weighted by atomic mass is 16.4. The number of anilines is 3. The van der Waals surface area contributed by atoms with Crippen molar-refractivity contribution in [1.82, 2.24) is 19.9 Å². The number of urea groups is 1. The van der Waals surface area contributed by atoms with E-state index >= 15 is 0 Å². The second kappa shape index (κ2) is 9.44. The lowest BCUT2D eigenvalue weighted by atomic mass is 10.1. The fourth-order valence-electron chi connectivity index (χ4n) is 3.12. The largest absolute Gasteiger partial charge is 0.417 e. The summed E-state index contributed by atoms with van der Waals surface area (Å²) in [5.74, 6) is 0.959. The van der Waals surface area contributed by atoms with Gasteiger partial charge in [-0.15, -0.1) is 0 Å². The van der Waals surface area contributed by atoms with Crippen molar-refractivity contribution >= 4 is 34.6 Å². The molecule has 0 unspecified atom stereocenters. The highest BCUT2D eigenvalue weighted by molar-refractivity contribution is 5.99. The summed E-state index contributed by atoms with van der Waals surface area (Å²) in [6.07, 6.45) is 1.65. The van der Waals surface area contributed by atoms with Gasteiger partial charge in [0.1, 0.15) is 5.52 Å². The molecular formula is C23H25N7O2. The summed E-state index contributed by atoms with van der Waals surface area (Å²) in [5.41, 5.74) is 4.13. The summed E-state index contributed by atoms with van der Waals surface area (Å²) in [4.78, 5) is 27.5. The zero-order valence-corrected chi connectivity index (χ0v) is 18.2. The molecule has 9 nitrogen and oxygen atoms in total. The SMILES string of the molecule is Cc1cc(NC(=O)Nc2ccccc2)ccc1-c1nc2cnc(NCCN(C)C)nc2o1. The number of aromatic nitrogens is 3. The minimum atomic E-state index is -0.310. The predicted octanol–water partition coefficient (Wildman–Crippen LogP) is 4.21. The van der Waals surface area contributed by atoms with E-state index in [-0.39, 0.29) is 6.03 Å². The van der Waals surface area contributed by atoms with Gasteiger partial charge in [0.2, 0.25) is 11.8 Å². The Kier molecular flexibility index (Phi) is 6.27. The quantitative estimate of drug-likeness (QED) is 0.402. The first-order valence-electron chi connectivity index (χ1n) is 10.2. The number of benzene rings is 2. The van der Waals surface area contributed by atoms with Gasteiger partial charge in [0.25, 0.3) is 5.71 Å². The van der Waals surface area contributed by atoms with Crippen molar-refractivity contribution in [2.75, 3.05) is 43.1 Å². The highest BCUT2D eigenvalue weighted by Gasteiger charge is 2.14. The van der Waals surface area contributed by atoms with Crippen molar-refractivity contribution in [3.63, 3.8) is 0 Å². The maximum atomic E-state index is 12.2. The van der Waals surface area contributed by atoms with Gasteiger partial charge < -0.3 is 25.3 Å². The van der Waals surface area contributed by atoms with Crippen LogP contribution in [0.25, 0.3) is 22.7 Å². The number of hydrogen-bond donors (Lipinski definition) is 3. The molecule has 0 aliphatic carbocycles. The molecule has 0 saturated carbocycles. The van der Waals surface area contributed by atoms with Crippen molar-refractivity contribution in [1.29, 1.82) is 0 Å². The van der Waals surface area contributed by atoms with Crippen LogP contribution in [0.5, 0.6) is 0 Å². The Morgan fingerprint density at radius 3 is 2.56 bits per heavy atom. The van der Waals surface area contributed by atoms with E-state index in [1.54, 1.807) is 6.20 Å². The Bertz CT molecular complexity index is 1220. The number of fused-ring (bicyclic) bond motifs is 1. The van der Waals surface area contributed by atoms with Crippen LogP contribution in [0.3, 0.4) is 0 Å². The Morgan fingerprint density at radius 2 is 1.81 bits per heavy atom. The zero-order valence-electron chi connectivity index (χ0n) is 18.2. The normalized spacial score (nSPS) is 11.0. The average Bonchev–Trinajstić information content (AvgIpc) is 3.17. The molecule has 4 aromatic rings. The van der Waals surface area contributed by atoms with E-state index in [9.17, 15) is 4.79 Å². The number of nitrogens with one attached hydrogen (secondary N) is 3. The van der Waals surface area contributed by atoms with Gasteiger partial charge in [-0.1, -0.05) is 18.2 Å². The third-order valence-electron chi connectivity index (χ3n) is 4.74. The van der Waals surface area contributed by atoms with Crippen molar-refractivity contribution < 1.29 is 9.21 Å². The van der Waals surface area contributed by atoms with Crippen LogP contribution in [-0.2, 0) is 0 Å². The van der Waals surface area contributed by atoms with Crippen LogP contribution in [0.4, 0.5) is 22.1 Å². The van der Waals surface area contributed by atoms with Gasteiger partial charge in [0, 0.05) is 30.0 Å². The third kappa shape index (κ3) is 5.19. The molecule has 2 aromatic heterocycles. The molecule has 0 radical (unpaired) electrons. The lowest BCUT2D eigenvalue weighted by Crippen LogP contribution is -2.21. The summed E-state index contributed by atoms with van der Waals surface area (Å²) < 4.78 is 5.89. The van der Waals surface area contributed by atoms with Gasteiger partial charge in [0.15, 0.2) is 0 Å². The van der Waals surface area contributed by atoms with Crippen LogP contribution in [0.1, 0.15) is 5.56 Å². The predicted molar refractivity (Wildman–Crippen MR) is 126 cm³/mol. The molecule has 0 saturated heterocycles. The van der Waals surface area contributed by atoms with Crippen LogP contribution in [0, 0.1) is 6.92 Å². The van der Waals surface area contributed by atoms with E-state index in [2.05, 4.69) is 35.8 Å². The second-order valence-corrected chi connectivity index (χ2v) is 7.61. The average molecular weight is 432 g/mol. The molecule has 32 heavy (non-hydrogen) atoms. The first kappa shape index (κ1) is 21.3. The molecular weight excluding hydrogens is 406 g/mol. The number of oxazole rings is 1. The molecule has 4 rings (SSSR count). The Labute approximate surface area is 185 Å². The van der Waals surface area contributed by atoms with Gasteiger partial charge in [0.05, 0.1) is 6.20 Å². The summed E-state index contributed by atoms with van der Waals surface area (Å²) in [5, 5.41) is 8.81. The molecule has 2 aromatic carbocycles. The van der Waals surface area contributed by atoms with Crippen LogP contribution in [0.15, 0.2) is 59.1 Å². The second-order valence-electron chi connectivity index (χ2n) is 7.61. The molecule has 2 amide bonds.